The summed E-state index contributed by atoms with van der Waals surface area (Å²) in [4.78, 5) is 0. The Morgan fingerprint density at radius 3 is 2.88 bits per heavy atom. The molecule has 2 N–H and O–H groups in total. The van der Waals surface area contributed by atoms with Gasteiger partial charge in [-0.1, -0.05) is 6.07 Å². The zero-order valence-corrected chi connectivity index (χ0v) is 9.50. The molecule has 1 heterocycles. The van der Waals surface area contributed by atoms with Crippen molar-refractivity contribution in [3.05, 3.63) is 29.6 Å². The van der Waals surface area contributed by atoms with Crippen LogP contribution in [0.25, 0.3) is 0 Å². The number of rotatable bonds is 3. The van der Waals surface area contributed by atoms with Crippen LogP contribution in [0.5, 0.6) is 0 Å². The first-order valence-corrected chi connectivity index (χ1v) is 6.64. The van der Waals surface area contributed by atoms with E-state index >= 15 is 0 Å². The van der Waals surface area contributed by atoms with Crippen molar-refractivity contribution >= 4 is 15.7 Å². The monoisotopic (exact) mass is 244 g/mol. The van der Waals surface area contributed by atoms with Crippen LogP contribution in [-0.2, 0) is 16.4 Å². The summed E-state index contributed by atoms with van der Waals surface area (Å²) in [7, 11) is -3.40. The number of hydrogen-bond acceptors (Lipinski definition) is 3. The van der Waals surface area contributed by atoms with E-state index in [-0.39, 0.29) is 12.3 Å². The van der Waals surface area contributed by atoms with Crippen LogP contribution in [0.3, 0.4) is 0 Å². The first kappa shape index (κ1) is 11.3. The molecule has 1 aliphatic heterocycles. The van der Waals surface area contributed by atoms with Crippen molar-refractivity contribution in [2.75, 3.05) is 23.1 Å². The molecule has 0 amide bonds. The van der Waals surface area contributed by atoms with Gasteiger partial charge in [0, 0.05) is 13.1 Å². The lowest BCUT2D eigenvalue weighted by molar-refractivity contribution is 0.592. The molecule has 1 aliphatic rings. The minimum absolute atomic E-state index is 0.0729. The van der Waals surface area contributed by atoms with Gasteiger partial charge in [0.1, 0.15) is 5.82 Å². The van der Waals surface area contributed by atoms with Crippen LogP contribution in [0.1, 0.15) is 5.56 Å². The van der Waals surface area contributed by atoms with Gasteiger partial charge < -0.3 is 5.73 Å². The van der Waals surface area contributed by atoms with Crippen molar-refractivity contribution < 1.29 is 12.8 Å². The van der Waals surface area contributed by atoms with E-state index in [9.17, 15) is 12.8 Å². The van der Waals surface area contributed by atoms with E-state index in [1.165, 1.54) is 16.4 Å². The number of fused-ring (bicyclic) bond motifs is 1. The molecule has 88 valence electrons. The average Bonchev–Trinajstić information content (AvgIpc) is 2.60. The lowest BCUT2D eigenvalue weighted by atomic mass is 10.2. The van der Waals surface area contributed by atoms with Crippen molar-refractivity contribution in [2.45, 2.75) is 6.42 Å². The Morgan fingerprint density at radius 1 is 1.44 bits per heavy atom. The Hall–Kier alpha value is -1.14. The van der Waals surface area contributed by atoms with Gasteiger partial charge in [-0.25, -0.2) is 12.8 Å². The number of benzene rings is 1. The maximum atomic E-state index is 13.1. The van der Waals surface area contributed by atoms with Gasteiger partial charge in [0.2, 0.25) is 10.0 Å². The van der Waals surface area contributed by atoms with Crippen molar-refractivity contribution in [2.24, 2.45) is 5.73 Å². The van der Waals surface area contributed by atoms with E-state index in [2.05, 4.69) is 0 Å². The molecule has 0 aliphatic carbocycles. The largest absolute Gasteiger partial charge is 0.329 e. The van der Waals surface area contributed by atoms with Gasteiger partial charge in [-0.2, -0.15) is 0 Å². The summed E-state index contributed by atoms with van der Waals surface area (Å²) in [5, 5.41) is 0. The summed E-state index contributed by atoms with van der Waals surface area (Å²) in [6.45, 7) is 0.449. The summed E-state index contributed by atoms with van der Waals surface area (Å²) in [5.41, 5.74) is 6.57. The van der Waals surface area contributed by atoms with E-state index in [1.54, 1.807) is 6.07 Å². The molecule has 0 aromatic heterocycles. The number of halogens is 1. The van der Waals surface area contributed by atoms with Gasteiger partial charge >= 0.3 is 0 Å². The third-order valence-electron chi connectivity index (χ3n) is 2.61. The Morgan fingerprint density at radius 2 is 2.19 bits per heavy atom. The molecule has 2 rings (SSSR count). The summed E-state index contributed by atoms with van der Waals surface area (Å²) in [6, 6.07) is 4.23. The number of anilines is 1. The minimum Gasteiger partial charge on any atom is -0.329 e. The van der Waals surface area contributed by atoms with Crippen LogP contribution in [0.4, 0.5) is 10.1 Å². The second kappa shape index (κ2) is 4.03. The molecular weight excluding hydrogens is 231 g/mol. The molecule has 0 saturated heterocycles. The van der Waals surface area contributed by atoms with Crippen molar-refractivity contribution in [3.63, 3.8) is 0 Å². The van der Waals surface area contributed by atoms with E-state index < -0.39 is 15.8 Å². The van der Waals surface area contributed by atoms with Gasteiger partial charge in [0.05, 0.1) is 11.4 Å². The summed E-state index contributed by atoms with van der Waals surface area (Å²) in [6.07, 6.45) is 0.624. The predicted molar refractivity (Wildman–Crippen MR) is 60.3 cm³/mol. The average molecular weight is 244 g/mol. The molecular formula is C10H13FN2O2S. The first-order chi connectivity index (χ1) is 7.54. The number of nitrogens with zero attached hydrogens (tertiary/aromatic N) is 1. The summed E-state index contributed by atoms with van der Waals surface area (Å²) in [5.74, 6) is -0.531. The Balaban J connectivity index is 2.40. The number of hydrogen-bond donors (Lipinski definition) is 1. The fraction of sp³-hybridized carbons (Fsp3) is 0.400. The molecule has 16 heavy (non-hydrogen) atoms. The topological polar surface area (TPSA) is 63.4 Å². The highest BCUT2D eigenvalue weighted by molar-refractivity contribution is 7.92. The molecule has 4 nitrogen and oxygen atoms in total. The quantitative estimate of drug-likeness (QED) is 0.841. The third-order valence-corrected chi connectivity index (χ3v) is 4.41. The normalized spacial score (nSPS) is 15.2. The fourth-order valence-electron chi connectivity index (χ4n) is 1.87. The van der Waals surface area contributed by atoms with Gasteiger partial charge in [-0.3, -0.25) is 4.31 Å². The van der Waals surface area contributed by atoms with E-state index in [4.69, 9.17) is 5.73 Å². The number of sulfonamides is 1. The number of nitrogens with two attached hydrogens (primary N) is 1. The molecule has 0 unspecified atom stereocenters. The van der Waals surface area contributed by atoms with Crippen molar-refractivity contribution in [1.82, 2.24) is 0 Å². The maximum Gasteiger partial charge on any atom is 0.236 e. The Kier molecular flexibility index (Phi) is 2.86. The molecule has 0 spiro atoms. The van der Waals surface area contributed by atoms with E-state index in [1.807, 2.05) is 0 Å². The Bertz CT molecular complexity index is 502. The SMILES string of the molecule is NCCS(=O)(=O)N1CCc2ccc(F)cc21. The molecule has 0 saturated carbocycles. The fourth-order valence-corrected chi connectivity index (χ4v) is 3.23. The zero-order chi connectivity index (χ0) is 11.8. The summed E-state index contributed by atoms with van der Waals surface area (Å²) < 4.78 is 38.0. The van der Waals surface area contributed by atoms with Crippen LogP contribution in [0.2, 0.25) is 0 Å². The minimum atomic E-state index is -3.40. The van der Waals surface area contributed by atoms with Crippen molar-refractivity contribution in [3.8, 4) is 0 Å². The lowest BCUT2D eigenvalue weighted by Gasteiger charge is -2.18. The zero-order valence-electron chi connectivity index (χ0n) is 8.69. The van der Waals surface area contributed by atoms with Crippen molar-refractivity contribution in [1.29, 1.82) is 0 Å². The molecule has 0 radical (unpaired) electrons. The second-order valence-corrected chi connectivity index (χ2v) is 5.71. The summed E-state index contributed by atoms with van der Waals surface area (Å²) >= 11 is 0. The van der Waals surface area contributed by atoms with Gasteiger partial charge in [0.15, 0.2) is 0 Å². The van der Waals surface area contributed by atoms with E-state index in [0.29, 0.717) is 18.7 Å². The molecule has 0 fully saturated rings. The second-order valence-electron chi connectivity index (χ2n) is 3.70. The smallest absolute Gasteiger partial charge is 0.236 e. The maximum absolute atomic E-state index is 13.1. The molecule has 1 aromatic rings. The van der Waals surface area contributed by atoms with Crippen LogP contribution in [-0.4, -0.2) is 27.3 Å². The van der Waals surface area contributed by atoms with Gasteiger partial charge in [0.25, 0.3) is 0 Å². The Labute approximate surface area is 93.9 Å². The molecule has 1 aromatic carbocycles. The molecule has 0 atom stereocenters. The van der Waals surface area contributed by atoms with Crippen LogP contribution in [0, 0.1) is 5.82 Å². The highest BCUT2D eigenvalue weighted by Gasteiger charge is 2.28. The van der Waals surface area contributed by atoms with Crippen LogP contribution >= 0.6 is 0 Å². The van der Waals surface area contributed by atoms with Gasteiger partial charge in [-0.15, -0.1) is 0 Å². The molecule has 6 heteroatoms. The standard InChI is InChI=1S/C10H13FN2O2S/c11-9-2-1-8-3-5-13(10(8)7-9)16(14,15)6-4-12/h1-2,7H,3-6,12H2. The predicted octanol–water partition coefficient (Wildman–Crippen LogP) is 0.477. The van der Waals surface area contributed by atoms with Crippen LogP contribution < -0.4 is 10.0 Å². The third kappa shape index (κ3) is 1.90. The highest BCUT2D eigenvalue weighted by Crippen LogP contribution is 2.30. The van der Waals surface area contributed by atoms with Gasteiger partial charge in [-0.05, 0) is 24.1 Å². The van der Waals surface area contributed by atoms with E-state index in [0.717, 1.165) is 5.56 Å². The lowest BCUT2D eigenvalue weighted by Crippen LogP contribution is -2.33. The molecule has 0 bridgehead atoms. The van der Waals surface area contributed by atoms with Crippen LogP contribution in [0.15, 0.2) is 18.2 Å². The first-order valence-electron chi connectivity index (χ1n) is 5.03. The highest BCUT2D eigenvalue weighted by atomic mass is 32.2.